The second-order valence-corrected chi connectivity index (χ2v) is 5.81. The third-order valence-electron chi connectivity index (χ3n) is 3.72. The summed E-state index contributed by atoms with van der Waals surface area (Å²) in [6.07, 6.45) is 3.09. The van der Waals surface area contributed by atoms with Crippen LogP contribution in [-0.4, -0.2) is 30.8 Å². The Balaban J connectivity index is 1.84. The number of carbonyl (C=O) groups is 1. The third-order valence-corrected chi connectivity index (χ3v) is 4.06. The van der Waals surface area contributed by atoms with Gasteiger partial charge >= 0.3 is 0 Å². The van der Waals surface area contributed by atoms with E-state index in [9.17, 15) is 4.79 Å². The van der Waals surface area contributed by atoms with Gasteiger partial charge in [-0.1, -0.05) is 6.07 Å². The van der Waals surface area contributed by atoms with E-state index in [-0.39, 0.29) is 11.2 Å². The second-order valence-electron chi connectivity index (χ2n) is 5.08. The summed E-state index contributed by atoms with van der Waals surface area (Å²) in [5.41, 5.74) is 2.25. The number of nitrogens with zero attached hydrogens (tertiary/aromatic N) is 2. The molecule has 0 radical (unpaired) electrons. The van der Waals surface area contributed by atoms with Gasteiger partial charge in [-0.05, 0) is 31.0 Å². The van der Waals surface area contributed by atoms with Crippen LogP contribution in [0, 0.1) is 0 Å². The van der Waals surface area contributed by atoms with Gasteiger partial charge in [0.25, 0.3) is 0 Å². The molecule has 18 heavy (non-hydrogen) atoms. The molecule has 2 aliphatic heterocycles. The van der Waals surface area contributed by atoms with Crippen LogP contribution in [0.1, 0.15) is 19.3 Å². The van der Waals surface area contributed by atoms with Crippen LogP contribution in [-0.2, 0) is 4.79 Å². The molecule has 2 heterocycles. The average molecular weight is 262 g/mol. The highest BCUT2D eigenvalue weighted by atomic mass is 32.1. The predicted molar refractivity (Wildman–Crippen MR) is 77.6 cm³/mol. The first kappa shape index (κ1) is 11.9. The van der Waals surface area contributed by atoms with Crippen LogP contribution in [0.5, 0.6) is 0 Å². The summed E-state index contributed by atoms with van der Waals surface area (Å²) in [4.78, 5) is 16.1. The van der Waals surface area contributed by atoms with Gasteiger partial charge < -0.3 is 9.80 Å². The number of amides is 1. The fourth-order valence-corrected chi connectivity index (χ4v) is 3.09. The van der Waals surface area contributed by atoms with E-state index in [0.717, 1.165) is 25.3 Å². The van der Waals surface area contributed by atoms with Crippen LogP contribution in [0.4, 0.5) is 11.4 Å². The zero-order valence-corrected chi connectivity index (χ0v) is 11.3. The molecule has 0 saturated carbocycles. The molecule has 2 fully saturated rings. The molecule has 2 aliphatic rings. The van der Waals surface area contributed by atoms with Crippen LogP contribution < -0.4 is 9.80 Å². The molecule has 0 N–H and O–H groups in total. The zero-order chi connectivity index (χ0) is 12.5. The summed E-state index contributed by atoms with van der Waals surface area (Å²) >= 11 is 4.40. The summed E-state index contributed by atoms with van der Waals surface area (Å²) in [5.74, 6) is 0.188. The molecular weight excluding hydrogens is 244 g/mol. The third kappa shape index (κ3) is 2.21. The Bertz CT molecular complexity index is 457. The van der Waals surface area contributed by atoms with Crippen molar-refractivity contribution in [3.05, 3.63) is 24.3 Å². The molecule has 96 valence electrons. The number of hydrogen-bond donors (Lipinski definition) is 1. The van der Waals surface area contributed by atoms with Crippen molar-refractivity contribution in [2.45, 2.75) is 24.5 Å². The van der Waals surface area contributed by atoms with E-state index in [2.05, 4.69) is 29.7 Å². The van der Waals surface area contributed by atoms with Gasteiger partial charge in [-0.25, -0.2) is 0 Å². The Morgan fingerprint density at radius 1 is 1.17 bits per heavy atom. The molecule has 4 heteroatoms. The molecule has 1 aromatic carbocycles. The minimum Gasteiger partial charge on any atom is -0.371 e. The molecule has 3 rings (SSSR count). The maximum absolute atomic E-state index is 11.9. The van der Waals surface area contributed by atoms with Gasteiger partial charge in [-0.2, -0.15) is 12.6 Å². The van der Waals surface area contributed by atoms with Crippen LogP contribution in [0.25, 0.3) is 0 Å². The maximum Gasteiger partial charge on any atom is 0.228 e. The van der Waals surface area contributed by atoms with E-state index in [1.807, 2.05) is 17.0 Å². The number of rotatable bonds is 2. The van der Waals surface area contributed by atoms with Gasteiger partial charge in [0.1, 0.15) is 0 Å². The molecule has 1 atom stereocenters. The van der Waals surface area contributed by atoms with Crippen LogP contribution in [0.2, 0.25) is 0 Å². The number of thiol groups is 1. The lowest BCUT2D eigenvalue weighted by Crippen LogP contribution is -2.25. The Morgan fingerprint density at radius 3 is 2.56 bits per heavy atom. The fourth-order valence-electron chi connectivity index (χ4n) is 2.77. The molecule has 1 aromatic rings. The van der Waals surface area contributed by atoms with E-state index in [0.29, 0.717) is 6.42 Å². The minimum atomic E-state index is 0.174. The monoisotopic (exact) mass is 262 g/mol. The van der Waals surface area contributed by atoms with E-state index in [1.54, 1.807) is 0 Å². The molecule has 1 amide bonds. The molecule has 0 spiro atoms. The van der Waals surface area contributed by atoms with Crippen molar-refractivity contribution >= 4 is 29.9 Å². The van der Waals surface area contributed by atoms with Crippen LogP contribution in [0.3, 0.4) is 0 Å². The zero-order valence-electron chi connectivity index (χ0n) is 10.4. The number of anilines is 2. The molecule has 0 aliphatic carbocycles. The normalized spacial score (nSPS) is 24.1. The van der Waals surface area contributed by atoms with Gasteiger partial charge in [0, 0.05) is 42.7 Å². The Labute approximate surface area is 113 Å². The lowest BCUT2D eigenvalue weighted by atomic mass is 10.2. The topological polar surface area (TPSA) is 23.6 Å². The highest BCUT2D eigenvalue weighted by Gasteiger charge is 2.28. The summed E-state index contributed by atoms with van der Waals surface area (Å²) < 4.78 is 0. The first-order valence-corrected chi connectivity index (χ1v) is 7.09. The van der Waals surface area contributed by atoms with E-state index in [1.165, 1.54) is 18.5 Å². The van der Waals surface area contributed by atoms with Gasteiger partial charge in [0.15, 0.2) is 0 Å². The SMILES string of the molecule is O=C1CC(S)CN1c1cccc(N2CCCC2)c1. The molecule has 0 bridgehead atoms. The lowest BCUT2D eigenvalue weighted by molar-refractivity contribution is -0.117. The first-order chi connectivity index (χ1) is 8.74. The van der Waals surface area contributed by atoms with Crippen molar-refractivity contribution < 1.29 is 4.79 Å². The number of benzene rings is 1. The molecule has 1 unspecified atom stereocenters. The highest BCUT2D eigenvalue weighted by molar-refractivity contribution is 7.81. The second kappa shape index (κ2) is 4.84. The average Bonchev–Trinajstić information content (AvgIpc) is 2.99. The summed E-state index contributed by atoms with van der Waals surface area (Å²) in [7, 11) is 0. The van der Waals surface area contributed by atoms with Gasteiger partial charge in [-0.15, -0.1) is 0 Å². The predicted octanol–water partition coefficient (Wildman–Crippen LogP) is 2.32. The summed E-state index contributed by atoms with van der Waals surface area (Å²) in [6.45, 7) is 2.99. The van der Waals surface area contributed by atoms with Crippen molar-refractivity contribution in [2.75, 3.05) is 29.4 Å². The van der Waals surface area contributed by atoms with Gasteiger partial charge in [0.05, 0.1) is 0 Å². The minimum absolute atomic E-state index is 0.174. The lowest BCUT2D eigenvalue weighted by Gasteiger charge is -2.21. The summed E-state index contributed by atoms with van der Waals surface area (Å²) in [5, 5.41) is 0.174. The van der Waals surface area contributed by atoms with Crippen molar-refractivity contribution in [1.29, 1.82) is 0 Å². The smallest absolute Gasteiger partial charge is 0.228 e. The van der Waals surface area contributed by atoms with E-state index >= 15 is 0 Å². The molecule has 2 saturated heterocycles. The summed E-state index contributed by atoms with van der Waals surface area (Å²) in [6, 6.07) is 8.33. The molecule has 0 aromatic heterocycles. The highest BCUT2D eigenvalue weighted by Crippen LogP contribution is 2.29. The Kier molecular flexibility index (Phi) is 3.20. The Morgan fingerprint density at radius 2 is 1.89 bits per heavy atom. The number of hydrogen-bond acceptors (Lipinski definition) is 3. The van der Waals surface area contributed by atoms with E-state index in [4.69, 9.17) is 0 Å². The van der Waals surface area contributed by atoms with Crippen molar-refractivity contribution in [1.82, 2.24) is 0 Å². The molecule has 3 nitrogen and oxygen atoms in total. The largest absolute Gasteiger partial charge is 0.371 e. The first-order valence-electron chi connectivity index (χ1n) is 6.57. The molecular formula is C14H18N2OS. The standard InChI is InChI=1S/C14H18N2OS/c17-14-9-13(18)10-16(14)12-5-3-4-11(8-12)15-6-1-2-7-15/h3-5,8,13,18H,1-2,6-7,9-10H2. The van der Waals surface area contributed by atoms with Gasteiger partial charge in [0.2, 0.25) is 5.91 Å². The maximum atomic E-state index is 11.9. The van der Waals surface area contributed by atoms with E-state index < -0.39 is 0 Å². The van der Waals surface area contributed by atoms with Crippen molar-refractivity contribution in [3.63, 3.8) is 0 Å². The van der Waals surface area contributed by atoms with Gasteiger partial charge in [-0.3, -0.25) is 4.79 Å². The number of carbonyl (C=O) groups excluding carboxylic acids is 1. The quantitative estimate of drug-likeness (QED) is 0.827. The van der Waals surface area contributed by atoms with Crippen LogP contribution in [0.15, 0.2) is 24.3 Å². The van der Waals surface area contributed by atoms with Crippen LogP contribution >= 0.6 is 12.6 Å². The van der Waals surface area contributed by atoms with Crippen molar-refractivity contribution in [3.8, 4) is 0 Å². The Hall–Kier alpha value is -1.16. The van der Waals surface area contributed by atoms with Crippen molar-refractivity contribution in [2.24, 2.45) is 0 Å². The fraction of sp³-hybridized carbons (Fsp3) is 0.500.